The molecule has 0 spiro atoms. The van der Waals surface area contributed by atoms with Gasteiger partial charge in [-0.2, -0.15) is 13.2 Å². The van der Waals surface area contributed by atoms with Crippen LogP contribution in [0.4, 0.5) is 18.9 Å². The number of ether oxygens (including phenoxy) is 1. The zero-order chi connectivity index (χ0) is 17.0. The van der Waals surface area contributed by atoms with E-state index in [0.717, 1.165) is 6.07 Å². The summed E-state index contributed by atoms with van der Waals surface area (Å²) in [4.78, 5) is 15.7. The van der Waals surface area contributed by atoms with Crippen LogP contribution in [0.3, 0.4) is 0 Å². The van der Waals surface area contributed by atoms with Crippen LogP contribution in [0.1, 0.15) is 23.5 Å². The van der Waals surface area contributed by atoms with Crippen LogP contribution in [0, 0.1) is 0 Å². The van der Waals surface area contributed by atoms with E-state index in [1.54, 1.807) is 17.5 Å². The fraction of sp³-hybridized carbons (Fsp3) is 0.200. The van der Waals surface area contributed by atoms with Crippen molar-refractivity contribution in [3.05, 3.63) is 51.2 Å². The SMILES string of the molecule is CC(=O)OC(C=Nc1ccc(Cl)cc1C(F)(F)F)c1cccs1. The van der Waals surface area contributed by atoms with Gasteiger partial charge in [0, 0.05) is 11.9 Å². The average molecular weight is 362 g/mol. The van der Waals surface area contributed by atoms with Crippen molar-refractivity contribution in [1.29, 1.82) is 0 Å². The molecule has 8 heteroatoms. The van der Waals surface area contributed by atoms with Gasteiger partial charge in [0.15, 0.2) is 6.10 Å². The summed E-state index contributed by atoms with van der Waals surface area (Å²) in [7, 11) is 0. The first kappa shape index (κ1) is 17.5. The molecule has 3 nitrogen and oxygen atoms in total. The highest BCUT2D eigenvalue weighted by molar-refractivity contribution is 7.10. The topological polar surface area (TPSA) is 38.7 Å². The predicted octanol–water partition coefficient (Wildman–Crippen LogP) is 5.43. The van der Waals surface area contributed by atoms with E-state index < -0.39 is 23.8 Å². The van der Waals surface area contributed by atoms with Crippen LogP contribution in [0.15, 0.2) is 40.7 Å². The molecular formula is C15H11ClF3NO2S. The monoisotopic (exact) mass is 361 g/mol. The Hall–Kier alpha value is -1.86. The maximum atomic E-state index is 13.0. The number of esters is 1. The maximum Gasteiger partial charge on any atom is 0.418 e. The average Bonchev–Trinajstić information content (AvgIpc) is 2.97. The van der Waals surface area contributed by atoms with Gasteiger partial charge >= 0.3 is 12.1 Å². The highest BCUT2D eigenvalue weighted by atomic mass is 35.5. The molecule has 2 aromatic rings. The molecular weight excluding hydrogens is 351 g/mol. The number of thiophene rings is 1. The van der Waals surface area contributed by atoms with E-state index >= 15 is 0 Å². The maximum absolute atomic E-state index is 13.0. The smallest absolute Gasteiger partial charge is 0.418 e. The molecule has 0 radical (unpaired) electrons. The summed E-state index contributed by atoms with van der Waals surface area (Å²) >= 11 is 6.92. The number of nitrogens with zero attached hydrogens (tertiary/aromatic N) is 1. The van der Waals surface area contributed by atoms with E-state index in [1.807, 2.05) is 0 Å². The van der Waals surface area contributed by atoms with E-state index in [9.17, 15) is 18.0 Å². The summed E-state index contributed by atoms with van der Waals surface area (Å²) in [5.41, 5.74) is -1.25. The van der Waals surface area contributed by atoms with E-state index in [2.05, 4.69) is 4.99 Å². The Morgan fingerprint density at radius 1 is 1.39 bits per heavy atom. The lowest BCUT2D eigenvalue weighted by atomic mass is 10.1. The quantitative estimate of drug-likeness (QED) is 0.538. The van der Waals surface area contributed by atoms with Gasteiger partial charge in [0.1, 0.15) is 0 Å². The molecule has 1 aromatic heterocycles. The molecule has 122 valence electrons. The third kappa shape index (κ3) is 4.80. The summed E-state index contributed by atoms with van der Waals surface area (Å²) in [5.74, 6) is -0.554. The van der Waals surface area contributed by atoms with Crippen molar-refractivity contribution in [1.82, 2.24) is 0 Å². The van der Waals surface area contributed by atoms with Gasteiger partial charge in [-0.3, -0.25) is 9.79 Å². The fourth-order valence-electron chi connectivity index (χ4n) is 1.79. The molecule has 0 amide bonds. The highest BCUT2D eigenvalue weighted by Gasteiger charge is 2.33. The van der Waals surface area contributed by atoms with Gasteiger partial charge in [0.25, 0.3) is 0 Å². The first-order valence-corrected chi connectivity index (χ1v) is 7.64. The van der Waals surface area contributed by atoms with Gasteiger partial charge in [-0.15, -0.1) is 11.3 Å². The van der Waals surface area contributed by atoms with E-state index in [0.29, 0.717) is 4.88 Å². The van der Waals surface area contributed by atoms with Crippen LogP contribution in [0.25, 0.3) is 0 Å². The molecule has 1 aromatic carbocycles. The van der Waals surface area contributed by atoms with Crippen LogP contribution in [-0.2, 0) is 15.7 Å². The first-order valence-electron chi connectivity index (χ1n) is 6.39. The molecule has 0 aliphatic rings. The number of rotatable bonds is 4. The molecule has 0 aliphatic carbocycles. The Kier molecular flexibility index (Phi) is 5.43. The summed E-state index contributed by atoms with van der Waals surface area (Å²) < 4.78 is 44.1. The molecule has 0 bridgehead atoms. The minimum absolute atomic E-state index is 0.0360. The summed E-state index contributed by atoms with van der Waals surface area (Å²) in [6, 6.07) is 6.74. The third-order valence-electron chi connectivity index (χ3n) is 2.73. The minimum Gasteiger partial charge on any atom is -0.451 e. The standard InChI is InChI=1S/C15H11ClF3NO2S/c1-9(21)22-13(14-3-2-6-23-14)8-20-12-5-4-10(16)7-11(12)15(17,18)19/h2-8,13H,1H3. The molecule has 0 N–H and O–H groups in total. The minimum atomic E-state index is -4.59. The second-order valence-corrected chi connectivity index (χ2v) is 5.90. The Morgan fingerprint density at radius 2 is 2.13 bits per heavy atom. The Bertz CT molecular complexity index is 714. The highest BCUT2D eigenvalue weighted by Crippen LogP contribution is 2.38. The summed E-state index contributed by atoms with van der Waals surface area (Å²) in [6.07, 6.45) is -4.26. The normalized spacial score (nSPS) is 13.3. The molecule has 0 saturated heterocycles. The number of benzene rings is 1. The van der Waals surface area contributed by atoms with Crippen molar-refractivity contribution in [2.24, 2.45) is 4.99 Å². The van der Waals surface area contributed by atoms with Crippen molar-refractivity contribution >= 4 is 40.8 Å². The van der Waals surface area contributed by atoms with Crippen LogP contribution in [-0.4, -0.2) is 12.2 Å². The fourth-order valence-corrected chi connectivity index (χ4v) is 2.68. The number of carbonyl (C=O) groups is 1. The van der Waals surface area contributed by atoms with Crippen LogP contribution >= 0.6 is 22.9 Å². The number of halogens is 4. The van der Waals surface area contributed by atoms with Crippen LogP contribution in [0.2, 0.25) is 5.02 Å². The van der Waals surface area contributed by atoms with Crippen molar-refractivity contribution in [3.63, 3.8) is 0 Å². The van der Waals surface area contributed by atoms with Gasteiger partial charge in [-0.25, -0.2) is 0 Å². The first-order chi connectivity index (χ1) is 10.8. The zero-order valence-corrected chi connectivity index (χ0v) is 13.4. The lowest BCUT2D eigenvalue weighted by Crippen LogP contribution is -2.09. The number of hydrogen-bond acceptors (Lipinski definition) is 4. The number of alkyl halides is 3. The molecule has 1 unspecified atom stereocenters. The van der Waals surface area contributed by atoms with Crippen LogP contribution in [0.5, 0.6) is 0 Å². The Labute approximate surface area is 139 Å². The largest absolute Gasteiger partial charge is 0.451 e. The zero-order valence-electron chi connectivity index (χ0n) is 11.8. The number of aliphatic imine (C=N–C) groups is 1. The van der Waals surface area contributed by atoms with E-state index in [1.165, 1.54) is 36.6 Å². The predicted molar refractivity (Wildman–Crippen MR) is 83.4 cm³/mol. The van der Waals surface area contributed by atoms with E-state index in [4.69, 9.17) is 16.3 Å². The Morgan fingerprint density at radius 3 is 2.70 bits per heavy atom. The van der Waals surface area contributed by atoms with E-state index in [-0.39, 0.29) is 10.7 Å². The lowest BCUT2D eigenvalue weighted by molar-refractivity contribution is -0.143. The van der Waals surface area contributed by atoms with Crippen molar-refractivity contribution in [2.45, 2.75) is 19.2 Å². The molecule has 1 heterocycles. The van der Waals surface area contributed by atoms with Crippen molar-refractivity contribution < 1.29 is 22.7 Å². The summed E-state index contributed by atoms with van der Waals surface area (Å²) in [6.45, 7) is 1.22. The van der Waals surface area contributed by atoms with Gasteiger partial charge in [-0.05, 0) is 29.6 Å². The second kappa shape index (κ2) is 7.14. The van der Waals surface area contributed by atoms with Gasteiger partial charge in [-0.1, -0.05) is 17.7 Å². The molecule has 0 saturated carbocycles. The summed E-state index contributed by atoms with van der Waals surface area (Å²) in [5, 5.41) is 1.73. The number of carbonyl (C=O) groups excluding carboxylic acids is 1. The molecule has 0 aliphatic heterocycles. The van der Waals surface area contributed by atoms with Gasteiger partial charge < -0.3 is 4.74 Å². The molecule has 0 fully saturated rings. The van der Waals surface area contributed by atoms with Gasteiger partial charge in [0.2, 0.25) is 0 Å². The van der Waals surface area contributed by atoms with Gasteiger partial charge in [0.05, 0.1) is 22.3 Å². The molecule has 1 atom stereocenters. The van der Waals surface area contributed by atoms with Crippen LogP contribution < -0.4 is 0 Å². The second-order valence-electron chi connectivity index (χ2n) is 4.48. The lowest BCUT2D eigenvalue weighted by Gasteiger charge is -2.12. The molecule has 2 rings (SSSR count). The third-order valence-corrected chi connectivity index (χ3v) is 3.90. The molecule has 23 heavy (non-hydrogen) atoms. The van der Waals surface area contributed by atoms with Crippen molar-refractivity contribution in [2.75, 3.05) is 0 Å². The Balaban J connectivity index is 2.35. The number of hydrogen-bond donors (Lipinski definition) is 0. The van der Waals surface area contributed by atoms with Crippen molar-refractivity contribution in [3.8, 4) is 0 Å².